The zero-order chi connectivity index (χ0) is 12.4. The number of amides is 1. The number of ether oxygens (including phenoxy) is 1. The van der Waals surface area contributed by atoms with Crippen molar-refractivity contribution < 1.29 is 14.3 Å². The van der Waals surface area contributed by atoms with Crippen molar-refractivity contribution in [2.24, 2.45) is 0 Å². The van der Waals surface area contributed by atoms with Crippen molar-refractivity contribution in [3.8, 4) is 0 Å². The molecule has 4 nitrogen and oxygen atoms in total. The van der Waals surface area contributed by atoms with Gasteiger partial charge in [0.2, 0.25) is 5.91 Å². The number of esters is 1. The van der Waals surface area contributed by atoms with Gasteiger partial charge in [-0.3, -0.25) is 9.59 Å². The van der Waals surface area contributed by atoms with Crippen LogP contribution in [-0.4, -0.2) is 25.0 Å². The third-order valence-electron chi connectivity index (χ3n) is 2.57. The summed E-state index contributed by atoms with van der Waals surface area (Å²) in [4.78, 5) is 24.6. The van der Waals surface area contributed by atoms with E-state index < -0.39 is 5.97 Å². The van der Waals surface area contributed by atoms with Gasteiger partial charge in [-0.25, -0.2) is 0 Å². The molecule has 1 amide bonds. The number of nitrogens with zero attached hydrogens (tertiary/aromatic N) is 1. The second-order valence-electron chi connectivity index (χ2n) is 3.73. The highest BCUT2D eigenvalue weighted by Gasteiger charge is 2.29. The summed E-state index contributed by atoms with van der Waals surface area (Å²) in [6.07, 6.45) is 0.311. The molecule has 1 aliphatic heterocycles. The van der Waals surface area contributed by atoms with Gasteiger partial charge in [0.15, 0.2) is 0 Å². The van der Waals surface area contributed by atoms with Crippen LogP contribution in [0.15, 0.2) is 18.2 Å². The number of carbonyl (C=O) groups excluding carboxylic acids is 2. The molecule has 17 heavy (non-hydrogen) atoms. The van der Waals surface area contributed by atoms with Gasteiger partial charge in [-0.15, -0.1) is 0 Å². The van der Waals surface area contributed by atoms with E-state index in [1.165, 1.54) is 4.90 Å². The summed E-state index contributed by atoms with van der Waals surface area (Å²) in [5.74, 6) is -0.510. The molecule has 0 N–H and O–H groups in total. The van der Waals surface area contributed by atoms with Crippen molar-refractivity contribution >= 4 is 29.2 Å². The number of hydrogen-bond acceptors (Lipinski definition) is 3. The predicted octanol–water partition coefficient (Wildman–Crippen LogP) is 1.79. The second kappa shape index (κ2) is 4.75. The highest BCUT2D eigenvalue weighted by molar-refractivity contribution is 6.31. The fourth-order valence-electron chi connectivity index (χ4n) is 1.84. The molecule has 0 radical (unpaired) electrons. The molecular formula is C12H12ClNO3. The van der Waals surface area contributed by atoms with E-state index >= 15 is 0 Å². The molecule has 0 saturated heterocycles. The van der Waals surface area contributed by atoms with Crippen LogP contribution in [0.5, 0.6) is 0 Å². The van der Waals surface area contributed by atoms with Gasteiger partial charge in [0.05, 0.1) is 13.0 Å². The van der Waals surface area contributed by atoms with E-state index in [1.807, 2.05) is 0 Å². The van der Waals surface area contributed by atoms with Crippen molar-refractivity contribution in [1.82, 2.24) is 0 Å². The second-order valence-corrected chi connectivity index (χ2v) is 4.17. The Morgan fingerprint density at radius 1 is 1.53 bits per heavy atom. The number of fused-ring (bicyclic) bond motifs is 1. The third kappa shape index (κ3) is 2.42. The van der Waals surface area contributed by atoms with E-state index in [1.54, 1.807) is 25.1 Å². The van der Waals surface area contributed by atoms with Crippen LogP contribution in [0.4, 0.5) is 5.69 Å². The van der Waals surface area contributed by atoms with Crippen LogP contribution in [0.2, 0.25) is 5.02 Å². The molecule has 0 bridgehead atoms. The summed E-state index contributed by atoms with van der Waals surface area (Å²) in [5, 5.41) is 0.548. The third-order valence-corrected chi connectivity index (χ3v) is 2.81. The first-order valence-electron chi connectivity index (χ1n) is 5.36. The van der Waals surface area contributed by atoms with Gasteiger partial charge < -0.3 is 9.64 Å². The molecule has 0 aromatic heterocycles. The largest absolute Gasteiger partial charge is 0.465 e. The molecule has 5 heteroatoms. The predicted molar refractivity (Wildman–Crippen MR) is 64.1 cm³/mol. The van der Waals surface area contributed by atoms with Gasteiger partial charge in [0, 0.05) is 10.7 Å². The zero-order valence-electron chi connectivity index (χ0n) is 9.40. The Hall–Kier alpha value is -1.55. The molecule has 1 aliphatic rings. The number of rotatable bonds is 3. The van der Waals surface area contributed by atoms with E-state index in [4.69, 9.17) is 16.3 Å². The lowest BCUT2D eigenvalue weighted by Crippen LogP contribution is -2.33. The number of hydrogen-bond donors (Lipinski definition) is 0. The number of anilines is 1. The van der Waals surface area contributed by atoms with E-state index in [0.29, 0.717) is 23.7 Å². The molecule has 0 atom stereocenters. The quantitative estimate of drug-likeness (QED) is 0.772. The average molecular weight is 254 g/mol. The minimum absolute atomic E-state index is 0.0555. The molecular weight excluding hydrogens is 242 g/mol. The van der Waals surface area contributed by atoms with Crippen LogP contribution in [0.3, 0.4) is 0 Å². The fourth-order valence-corrected chi connectivity index (χ4v) is 2.01. The smallest absolute Gasteiger partial charge is 0.326 e. The van der Waals surface area contributed by atoms with Gasteiger partial charge >= 0.3 is 5.97 Å². The van der Waals surface area contributed by atoms with Crippen LogP contribution in [0.25, 0.3) is 0 Å². The molecule has 0 spiro atoms. The topological polar surface area (TPSA) is 46.6 Å². The summed E-state index contributed by atoms with van der Waals surface area (Å²) in [5.41, 5.74) is 1.60. The molecule has 90 valence electrons. The summed E-state index contributed by atoms with van der Waals surface area (Å²) in [6, 6.07) is 5.24. The Bertz CT molecular complexity index is 473. The molecule has 0 aliphatic carbocycles. The van der Waals surface area contributed by atoms with Gasteiger partial charge in [0.1, 0.15) is 6.54 Å². The first-order valence-corrected chi connectivity index (χ1v) is 5.74. The Morgan fingerprint density at radius 3 is 3.00 bits per heavy atom. The maximum absolute atomic E-state index is 11.8. The lowest BCUT2D eigenvalue weighted by molar-refractivity contribution is -0.142. The Labute approximate surface area is 104 Å². The molecule has 1 heterocycles. The van der Waals surface area contributed by atoms with Gasteiger partial charge in [-0.05, 0) is 24.6 Å². The summed E-state index contributed by atoms with van der Waals surface area (Å²) in [7, 11) is 0. The van der Waals surface area contributed by atoms with Crippen LogP contribution in [0, 0.1) is 0 Å². The molecule has 0 unspecified atom stereocenters. The fraction of sp³-hybridized carbons (Fsp3) is 0.333. The molecule has 1 aromatic rings. The lowest BCUT2D eigenvalue weighted by Gasteiger charge is -2.16. The van der Waals surface area contributed by atoms with Crippen LogP contribution < -0.4 is 4.90 Å². The first-order chi connectivity index (χ1) is 8.11. The van der Waals surface area contributed by atoms with Crippen molar-refractivity contribution in [2.75, 3.05) is 18.1 Å². The first kappa shape index (κ1) is 11.9. The van der Waals surface area contributed by atoms with Gasteiger partial charge in [0.25, 0.3) is 0 Å². The maximum Gasteiger partial charge on any atom is 0.326 e. The van der Waals surface area contributed by atoms with Crippen LogP contribution >= 0.6 is 11.6 Å². The summed E-state index contributed by atoms with van der Waals surface area (Å²) in [6.45, 7) is 1.98. The van der Waals surface area contributed by atoms with E-state index in [9.17, 15) is 9.59 Å². The minimum atomic E-state index is -0.409. The van der Waals surface area contributed by atoms with Crippen molar-refractivity contribution in [1.29, 1.82) is 0 Å². The van der Waals surface area contributed by atoms with Gasteiger partial charge in [-0.1, -0.05) is 17.7 Å². The lowest BCUT2D eigenvalue weighted by atomic mass is 10.2. The normalized spacial score (nSPS) is 13.8. The van der Waals surface area contributed by atoms with Gasteiger partial charge in [-0.2, -0.15) is 0 Å². The average Bonchev–Trinajstić information content (AvgIpc) is 2.56. The van der Waals surface area contributed by atoms with Crippen LogP contribution in [-0.2, 0) is 20.7 Å². The van der Waals surface area contributed by atoms with Crippen molar-refractivity contribution in [3.05, 3.63) is 28.8 Å². The highest BCUT2D eigenvalue weighted by Crippen LogP contribution is 2.31. The number of halogens is 1. The maximum atomic E-state index is 11.8. The number of carbonyl (C=O) groups is 2. The standard InChI is InChI=1S/C12H12ClNO3/c1-2-17-12(16)7-14-10-6-9(13)4-3-8(10)5-11(14)15/h3-4,6H,2,5,7H2,1H3. The summed E-state index contributed by atoms with van der Waals surface area (Å²) >= 11 is 5.88. The van der Waals surface area contributed by atoms with E-state index in [0.717, 1.165) is 5.56 Å². The SMILES string of the molecule is CCOC(=O)CN1C(=O)Cc2ccc(Cl)cc21. The van der Waals surface area contributed by atoms with E-state index in [-0.39, 0.29) is 12.5 Å². The molecule has 0 saturated carbocycles. The Balaban J connectivity index is 2.22. The summed E-state index contributed by atoms with van der Waals surface area (Å²) < 4.78 is 4.83. The Kier molecular flexibility index (Phi) is 3.33. The van der Waals surface area contributed by atoms with Crippen molar-refractivity contribution in [3.63, 3.8) is 0 Å². The zero-order valence-corrected chi connectivity index (χ0v) is 10.2. The highest BCUT2D eigenvalue weighted by atomic mass is 35.5. The minimum Gasteiger partial charge on any atom is -0.465 e. The molecule has 0 fully saturated rings. The molecule has 1 aromatic carbocycles. The van der Waals surface area contributed by atoms with E-state index in [2.05, 4.69) is 0 Å². The number of benzene rings is 1. The molecule has 2 rings (SSSR count). The monoisotopic (exact) mass is 253 g/mol. The van der Waals surface area contributed by atoms with Crippen LogP contribution in [0.1, 0.15) is 12.5 Å². The Morgan fingerprint density at radius 2 is 2.29 bits per heavy atom. The van der Waals surface area contributed by atoms with Crippen molar-refractivity contribution in [2.45, 2.75) is 13.3 Å².